The lowest BCUT2D eigenvalue weighted by Gasteiger charge is -2.20. The molecule has 1 aromatic heterocycles. The zero-order valence-electron chi connectivity index (χ0n) is 10.8. The Bertz CT molecular complexity index is 409. The zero-order chi connectivity index (χ0) is 12.3. The molecule has 1 fully saturated rings. The van der Waals surface area contributed by atoms with Crippen molar-refractivity contribution in [1.82, 2.24) is 14.8 Å². The third-order valence-electron chi connectivity index (χ3n) is 3.68. The Morgan fingerprint density at radius 3 is 2.88 bits per heavy atom. The molecule has 1 aliphatic heterocycles. The molecule has 0 aliphatic carbocycles. The summed E-state index contributed by atoms with van der Waals surface area (Å²) in [4.78, 5) is 2.36. The minimum Gasteiger partial charge on any atom is -0.341 e. The lowest BCUT2D eigenvalue weighted by molar-refractivity contribution is 0.435. The predicted octanol–water partition coefficient (Wildman–Crippen LogP) is 2.88. The van der Waals surface area contributed by atoms with Crippen molar-refractivity contribution in [2.45, 2.75) is 39.0 Å². The molecular formula is C12H22N4S. The van der Waals surface area contributed by atoms with Gasteiger partial charge in [-0.25, -0.2) is 5.10 Å². The topological polar surface area (TPSA) is 36.9 Å². The number of rotatable bonds is 3. The number of aromatic amines is 1. The largest absolute Gasteiger partial charge is 0.341 e. The second-order valence-electron chi connectivity index (χ2n) is 4.96. The van der Waals surface area contributed by atoms with Crippen LogP contribution in [0.4, 0.5) is 5.95 Å². The first-order valence-corrected chi connectivity index (χ1v) is 6.99. The van der Waals surface area contributed by atoms with Crippen LogP contribution in [0.5, 0.6) is 0 Å². The molecule has 0 saturated carbocycles. The average molecular weight is 254 g/mol. The van der Waals surface area contributed by atoms with E-state index in [1.807, 2.05) is 11.6 Å². The van der Waals surface area contributed by atoms with Crippen molar-refractivity contribution in [3.63, 3.8) is 0 Å². The van der Waals surface area contributed by atoms with Crippen molar-refractivity contribution in [3.8, 4) is 0 Å². The number of aromatic nitrogens is 3. The van der Waals surface area contributed by atoms with Gasteiger partial charge in [0.15, 0.2) is 4.77 Å². The number of hydrogen-bond donors (Lipinski definition) is 1. The molecule has 1 N–H and O–H groups in total. The normalized spacial score (nSPS) is 21.5. The molecule has 0 amide bonds. The highest BCUT2D eigenvalue weighted by molar-refractivity contribution is 7.71. The molecule has 1 saturated heterocycles. The number of nitrogens with one attached hydrogen (secondary N) is 1. The van der Waals surface area contributed by atoms with Crippen molar-refractivity contribution < 1.29 is 0 Å². The zero-order valence-corrected chi connectivity index (χ0v) is 11.6. The maximum atomic E-state index is 5.16. The van der Waals surface area contributed by atoms with E-state index in [0.29, 0.717) is 4.77 Å². The molecule has 17 heavy (non-hydrogen) atoms. The van der Waals surface area contributed by atoms with Crippen LogP contribution < -0.4 is 4.90 Å². The highest BCUT2D eigenvalue weighted by Gasteiger charge is 2.19. The molecule has 1 atom stereocenters. The SMILES string of the molecule is CCCC1CCCN(c2n[nH]c(=S)n2C)CC1. The van der Waals surface area contributed by atoms with Crippen LogP contribution in [0, 0.1) is 10.7 Å². The van der Waals surface area contributed by atoms with E-state index in [2.05, 4.69) is 22.0 Å². The van der Waals surface area contributed by atoms with Gasteiger partial charge in [-0.05, 0) is 37.4 Å². The third kappa shape index (κ3) is 2.89. The van der Waals surface area contributed by atoms with E-state index in [0.717, 1.165) is 25.0 Å². The molecule has 2 rings (SSSR count). The number of hydrogen-bond acceptors (Lipinski definition) is 3. The molecule has 0 radical (unpaired) electrons. The Morgan fingerprint density at radius 2 is 2.24 bits per heavy atom. The van der Waals surface area contributed by atoms with Gasteiger partial charge in [0, 0.05) is 20.1 Å². The fourth-order valence-corrected chi connectivity index (χ4v) is 2.81. The Labute approximate surface area is 108 Å². The highest BCUT2D eigenvalue weighted by atomic mass is 32.1. The van der Waals surface area contributed by atoms with E-state index in [1.165, 1.54) is 32.1 Å². The van der Waals surface area contributed by atoms with Gasteiger partial charge in [-0.1, -0.05) is 19.8 Å². The van der Waals surface area contributed by atoms with Crippen molar-refractivity contribution in [2.75, 3.05) is 18.0 Å². The first-order valence-electron chi connectivity index (χ1n) is 6.58. The summed E-state index contributed by atoms with van der Waals surface area (Å²) in [7, 11) is 1.98. The average Bonchev–Trinajstić information content (AvgIpc) is 2.55. The van der Waals surface area contributed by atoms with Crippen molar-refractivity contribution in [3.05, 3.63) is 4.77 Å². The van der Waals surface area contributed by atoms with Gasteiger partial charge in [0.25, 0.3) is 0 Å². The van der Waals surface area contributed by atoms with Crippen LogP contribution in [-0.2, 0) is 7.05 Å². The van der Waals surface area contributed by atoms with Crippen molar-refractivity contribution in [1.29, 1.82) is 0 Å². The molecule has 1 aromatic rings. The second kappa shape index (κ2) is 5.67. The molecule has 0 aromatic carbocycles. The van der Waals surface area contributed by atoms with Gasteiger partial charge >= 0.3 is 0 Å². The molecule has 96 valence electrons. The quantitative estimate of drug-likeness (QED) is 0.843. The summed E-state index contributed by atoms with van der Waals surface area (Å²) in [6.07, 6.45) is 6.58. The Hall–Kier alpha value is -0.840. The summed E-state index contributed by atoms with van der Waals surface area (Å²) in [6, 6.07) is 0. The van der Waals surface area contributed by atoms with E-state index in [-0.39, 0.29) is 0 Å². The maximum Gasteiger partial charge on any atom is 0.225 e. The molecule has 5 heteroatoms. The van der Waals surface area contributed by atoms with E-state index >= 15 is 0 Å². The lowest BCUT2D eigenvalue weighted by atomic mass is 9.96. The summed E-state index contributed by atoms with van der Waals surface area (Å²) in [6.45, 7) is 4.49. The molecule has 0 spiro atoms. The van der Waals surface area contributed by atoms with Gasteiger partial charge in [-0.15, -0.1) is 5.10 Å². The minimum atomic E-state index is 0.703. The molecular weight excluding hydrogens is 232 g/mol. The molecule has 1 aliphatic rings. The Balaban J connectivity index is 2.04. The molecule has 4 nitrogen and oxygen atoms in total. The summed E-state index contributed by atoms with van der Waals surface area (Å²) in [5.74, 6) is 1.89. The van der Waals surface area contributed by atoms with Gasteiger partial charge in [-0.2, -0.15) is 0 Å². The van der Waals surface area contributed by atoms with Gasteiger partial charge in [0.1, 0.15) is 0 Å². The fourth-order valence-electron chi connectivity index (χ4n) is 2.68. The van der Waals surface area contributed by atoms with E-state index in [9.17, 15) is 0 Å². The van der Waals surface area contributed by atoms with Crippen LogP contribution >= 0.6 is 12.2 Å². The standard InChI is InChI=1S/C12H22N4S/c1-3-5-10-6-4-8-16(9-7-10)11-13-14-12(17)15(11)2/h10H,3-9H2,1-2H3,(H,14,17). The summed E-state index contributed by atoms with van der Waals surface area (Å²) in [5, 5.41) is 7.19. The maximum absolute atomic E-state index is 5.16. The molecule has 0 bridgehead atoms. The Morgan fingerprint density at radius 1 is 1.41 bits per heavy atom. The van der Waals surface area contributed by atoms with E-state index in [4.69, 9.17) is 12.2 Å². The van der Waals surface area contributed by atoms with Crippen LogP contribution in [0.3, 0.4) is 0 Å². The minimum absolute atomic E-state index is 0.703. The van der Waals surface area contributed by atoms with Gasteiger partial charge in [0.05, 0.1) is 0 Å². The van der Waals surface area contributed by atoms with E-state index in [1.54, 1.807) is 0 Å². The van der Waals surface area contributed by atoms with Crippen molar-refractivity contribution in [2.24, 2.45) is 13.0 Å². The highest BCUT2D eigenvalue weighted by Crippen LogP contribution is 2.24. The van der Waals surface area contributed by atoms with Crippen LogP contribution in [-0.4, -0.2) is 27.9 Å². The molecule has 1 unspecified atom stereocenters. The van der Waals surface area contributed by atoms with Gasteiger partial charge in [0.2, 0.25) is 5.95 Å². The van der Waals surface area contributed by atoms with Crippen molar-refractivity contribution >= 4 is 18.2 Å². The Kier molecular flexibility index (Phi) is 4.20. The van der Waals surface area contributed by atoms with Gasteiger partial charge < -0.3 is 4.90 Å². The summed E-state index contributed by atoms with van der Waals surface area (Å²) >= 11 is 5.16. The van der Waals surface area contributed by atoms with Crippen LogP contribution in [0.15, 0.2) is 0 Å². The molecule has 2 heterocycles. The predicted molar refractivity (Wildman–Crippen MR) is 72.9 cm³/mol. The monoisotopic (exact) mass is 254 g/mol. The number of H-pyrrole nitrogens is 1. The van der Waals surface area contributed by atoms with E-state index < -0.39 is 0 Å². The first kappa shape index (κ1) is 12.6. The van der Waals surface area contributed by atoms with Crippen LogP contribution in [0.2, 0.25) is 0 Å². The number of nitrogens with zero attached hydrogens (tertiary/aromatic N) is 3. The fraction of sp³-hybridized carbons (Fsp3) is 0.833. The van der Waals surface area contributed by atoms with Crippen LogP contribution in [0.1, 0.15) is 39.0 Å². The third-order valence-corrected chi connectivity index (χ3v) is 4.05. The summed E-state index contributed by atoms with van der Waals surface area (Å²) in [5.41, 5.74) is 0. The van der Waals surface area contributed by atoms with Gasteiger partial charge in [-0.3, -0.25) is 4.57 Å². The first-order chi connectivity index (χ1) is 8.22. The second-order valence-corrected chi connectivity index (χ2v) is 5.35. The summed E-state index contributed by atoms with van der Waals surface area (Å²) < 4.78 is 2.67. The smallest absolute Gasteiger partial charge is 0.225 e. The number of anilines is 1. The lowest BCUT2D eigenvalue weighted by Crippen LogP contribution is -2.27. The van der Waals surface area contributed by atoms with Crippen LogP contribution in [0.25, 0.3) is 0 Å².